The Labute approximate surface area is 174 Å². The maximum atomic E-state index is 13.3. The lowest BCUT2D eigenvalue weighted by molar-refractivity contribution is -0.000958. The minimum atomic E-state index is -0.185. The lowest BCUT2D eigenvalue weighted by Crippen LogP contribution is -2.44. The van der Waals surface area contributed by atoms with Gasteiger partial charge in [0.2, 0.25) is 0 Å². The maximum absolute atomic E-state index is 13.3. The second kappa shape index (κ2) is 8.86. The molecule has 3 aromatic rings. The normalized spacial score (nSPS) is 15.9. The van der Waals surface area contributed by atoms with E-state index >= 15 is 0 Å². The largest absolute Gasteiger partial charge is 0.379 e. The Morgan fingerprint density at radius 2 is 1.76 bits per heavy atom. The second-order valence-corrected chi connectivity index (χ2v) is 7.52. The summed E-state index contributed by atoms with van der Waals surface area (Å²) in [5.74, 6) is 0.521. The molecule has 0 bridgehead atoms. The number of ether oxygens (including phenoxy) is 1. The van der Waals surface area contributed by atoms with Crippen molar-refractivity contribution in [2.24, 2.45) is 0 Å². The fourth-order valence-electron chi connectivity index (χ4n) is 3.46. The highest BCUT2D eigenvalue weighted by molar-refractivity contribution is 6.30. The lowest BCUT2D eigenvalue weighted by Gasteiger charge is -2.32. The highest BCUT2D eigenvalue weighted by Crippen LogP contribution is 2.20. The van der Waals surface area contributed by atoms with Gasteiger partial charge >= 0.3 is 0 Å². The third-order valence-electron chi connectivity index (χ3n) is 5.14. The molecule has 1 atom stereocenters. The van der Waals surface area contributed by atoms with Crippen LogP contribution in [-0.2, 0) is 11.2 Å². The summed E-state index contributed by atoms with van der Waals surface area (Å²) in [6.07, 6.45) is 0.272. The molecule has 1 fully saturated rings. The van der Waals surface area contributed by atoms with Crippen LogP contribution in [0.3, 0.4) is 0 Å². The first-order valence-electron chi connectivity index (χ1n) is 9.73. The van der Waals surface area contributed by atoms with Crippen LogP contribution in [0.1, 0.15) is 24.3 Å². The zero-order valence-corrected chi connectivity index (χ0v) is 17.0. The first-order chi connectivity index (χ1) is 14.1. The van der Waals surface area contributed by atoms with Gasteiger partial charge in [0.25, 0.3) is 5.56 Å². The van der Waals surface area contributed by atoms with Crippen molar-refractivity contribution < 1.29 is 4.74 Å². The van der Waals surface area contributed by atoms with Crippen LogP contribution >= 0.6 is 11.6 Å². The summed E-state index contributed by atoms with van der Waals surface area (Å²) in [4.78, 5) is 20.1. The molecule has 7 heteroatoms. The van der Waals surface area contributed by atoms with Crippen LogP contribution in [0.5, 0.6) is 0 Å². The Kier molecular flexibility index (Phi) is 6.04. The van der Waals surface area contributed by atoms with Gasteiger partial charge in [0.1, 0.15) is 11.9 Å². The molecule has 1 saturated heterocycles. The molecule has 0 amide bonds. The highest BCUT2D eigenvalue weighted by Gasteiger charge is 2.23. The molecule has 1 aliphatic rings. The molecule has 2 heterocycles. The number of nitrogens with zero attached hydrogens (tertiary/aromatic N) is 4. The molecule has 1 aromatic heterocycles. The van der Waals surface area contributed by atoms with Crippen molar-refractivity contribution in [2.75, 3.05) is 26.3 Å². The molecule has 0 spiro atoms. The Bertz CT molecular complexity index is 1020. The zero-order chi connectivity index (χ0) is 20.2. The van der Waals surface area contributed by atoms with Gasteiger partial charge in [-0.3, -0.25) is 9.69 Å². The fourth-order valence-corrected chi connectivity index (χ4v) is 3.59. The van der Waals surface area contributed by atoms with Crippen LogP contribution in [0.2, 0.25) is 5.02 Å². The van der Waals surface area contributed by atoms with E-state index in [0.717, 1.165) is 24.2 Å². The van der Waals surface area contributed by atoms with Gasteiger partial charge in [0.05, 0.1) is 13.2 Å². The van der Waals surface area contributed by atoms with Gasteiger partial charge in [-0.05, 0) is 36.8 Å². The van der Waals surface area contributed by atoms with E-state index in [1.807, 2.05) is 49.4 Å². The molecule has 29 heavy (non-hydrogen) atoms. The molecule has 4 rings (SSSR count). The zero-order valence-electron chi connectivity index (χ0n) is 16.3. The number of rotatable bonds is 5. The highest BCUT2D eigenvalue weighted by atomic mass is 35.5. The van der Waals surface area contributed by atoms with E-state index in [9.17, 15) is 4.79 Å². The van der Waals surface area contributed by atoms with E-state index in [2.05, 4.69) is 15.0 Å². The van der Waals surface area contributed by atoms with Crippen LogP contribution in [0, 0.1) is 0 Å². The van der Waals surface area contributed by atoms with Gasteiger partial charge in [-0.25, -0.2) is 9.67 Å². The van der Waals surface area contributed by atoms with Crippen LogP contribution in [0.15, 0.2) is 59.4 Å². The van der Waals surface area contributed by atoms with Crippen molar-refractivity contribution in [1.29, 1.82) is 0 Å². The van der Waals surface area contributed by atoms with Crippen LogP contribution in [0.4, 0.5) is 0 Å². The standard InChI is InChI=1S/C22H23ClN4O2/c1-16(26-11-13-29-14-12-26)27-22(28)20(15-17-5-3-2-4-6-17)24-21(25-27)18-7-9-19(23)10-8-18/h2-10,16H,11-15H2,1H3. The Hall–Kier alpha value is -2.54. The SMILES string of the molecule is CC(N1CCOCC1)n1nc(-c2ccc(Cl)cc2)nc(Cc2ccccc2)c1=O. The first-order valence-corrected chi connectivity index (χ1v) is 10.1. The van der Waals surface area contributed by atoms with Crippen molar-refractivity contribution in [3.63, 3.8) is 0 Å². The predicted molar refractivity (Wildman–Crippen MR) is 113 cm³/mol. The molecule has 150 valence electrons. The average molecular weight is 411 g/mol. The van der Waals surface area contributed by atoms with E-state index < -0.39 is 0 Å². The first kappa shape index (κ1) is 19.8. The summed E-state index contributed by atoms with van der Waals surface area (Å²) >= 11 is 6.03. The van der Waals surface area contributed by atoms with Crippen LogP contribution < -0.4 is 5.56 Å². The maximum Gasteiger partial charge on any atom is 0.290 e. The lowest BCUT2D eigenvalue weighted by atomic mass is 10.1. The van der Waals surface area contributed by atoms with Gasteiger partial charge in [-0.1, -0.05) is 41.9 Å². The molecule has 0 radical (unpaired) electrons. The summed E-state index contributed by atoms with van der Waals surface area (Å²) in [6.45, 7) is 4.84. The fraction of sp³-hybridized carbons (Fsp3) is 0.318. The second-order valence-electron chi connectivity index (χ2n) is 7.08. The molecule has 6 nitrogen and oxygen atoms in total. The summed E-state index contributed by atoms with van der Waals surface area (Å²) < 4.78 is 7.00. The Balaban J connectivity index is 1.78. The number of halogens is 1. The number of morpholine rings is 1. The van der Waals surface area contributed by atoms with Crippen molar-refractivity contribution in [3.8, 4) is 11.4 Å². The minimum Gasteiger partial charge on any atom is -0.379 e. The van der Waals surface area contributed by atoms with Crippen LogP contribution in [0.25, 0.3) is 11.4 Å². The molecule has 1 aliphatic heterocycles. The summed E-state index contributed by atoms with van der Waals surface area (Å²) in [7, 11) is 0. The van der Waals surface area contributed by atoms with Gasteiger partial charge < -0.3 is 4.74 Å². The quantitative estimate of drug-likeness (QED) is 0.645. The molecule has 0 aliphatic carbocycles. The van der Waals surface area contributed by atoms with Gasteiger partial charge in [-0.2, -0.15) is 0 Å². The van der Waals surface area contributed by atoms with Gasteiger partial charge in [0.15, 0.2) is 5.82 Å². The minimum absolute atomic E-state index is 0.162. The van der Waals surface area contributed by atoms with Gasteiger partial charge in [-0.15, -0.1) is 5.10 Å². The van der Waals surface area contributed by atoms with Crippen molar-refractivity contribution in [1.82, 2.24) is 19.7 Å². The smallest absolute Gasteiger partial charge is 0.290 e. The third kappa shape index (κ3) is 4.56. The van der Waals surface area contributed by atoms with E-state index in [4.69, 9.17) is 16.3 Å². The summed E-state index contributed by atoms with van der Waals surface area (Å²) in [6, 6.07) is 17.2. The van der Waals surface area contributed by atoms with Crippen molar-refractivity contribution >= 4 is 11.6 Å². The van der Waals surface area contributed by atoms with E-state index in [1.165, 1.54) is 0 Å². The number of aromatic nitrogens is 3. The summed E-state index contributed by atoms with van der Waals surface area (Å²) in [5, 5.41) is 5.26. The van der Waals surface area contributed by atoms with Crippen molar-refractivity contribution in [3.05, 3.63) is 81.2 Å². The van der Waals surface area contributed by atoms with E-state index in [0.29, 0.717) is 36.2 Å². The third-order valence-corrected chi connectivity index (χ3v) is 5.40. The summed E-state index contributed by atoms with van der Waals surface area (Å²) in [5.41, 5.74) is 2.18. The molecular formula is C22H23ClN4O2. The van der Waals surface area contributed by atoms with Crippen LogP contribution in [-0.4, -0.2) is 46.0 Å². The van der Waals surface area contributed by atoms with E-state index in [-0.39, 0.29) is 11.7 Å². The molecular weight excluding hydrogens is 388 g/mol. The Morgan fingerprint density at radius 1 is 1.07 bits per heavy atom. The van der Waals surface area contributed by atoms with Gasteiger partial charge in [0, 0.05) is 30.1 Å². The monoisotopic (exact) mass is 410 g/mol. The van der Waals surface area contributed by atoms with Crippen molar-refractivity contribution in [2.45, 2.75) is 19.5 Å². The molecule has 2 aromatic carbocycles. The molecule has 0 saturated carbocycles. The number of benzene rings is 2. The Morgan fingerprint density at radius 3 is 2.45 bits per heavy atom. The molecule has 1 unspecified atom stereocenters. The van der Waals surface area contributed by atoms with E-state index in [1.54, 1.807) is 16.8 Å². The average Bonchev–Trinajstić information content (AvgIpc) is 2.76. The molecule has 0 N–H and O–H groups in total. The number of hydrogen-bond donors (Lipinski definition) is 0. The predicted octanol–water partition coefficient (Wildman–Crippen LogP) is 3.40. The number of hydrogen-bond acceptors (Lipinski definition) is 5. The topological polar surface area (TPSA) is 60.2 Å².